The van der Waals surface area contributed by atoms with Gasteiger partial charge in [0.2, 0.25) is 0 Å². The Labute approximate surface area is 128 Å². The second-order valence-corrected chi connectivity index (χ2v) is 6.06. The molecule has 0 aromatic carbocycles. The Bertz CT molecular complexity index is 484. The molecule has 6 heteroatoms. The largest absolute Gasteiger partial charge is 0.381 e. The quantitative estimate of drug-likeness (QED) is 0.766. The summed E-state index contributed by atoms with van der Waals surface area (Å²) in [6, 6.07) is 1.70. The van der Waals surface area contributed by atoms with E-state index in [4.69, 9.17) is 4.74 Å². The lowest BCUT2D eigenvalue weighted by atomic mass is 10.1. The molecule has 2 heterocycles. The van der Waals surface area contributed by atoms with Crippen LogP contribution in [-0.4, -0.2) is 41.4 Å². The predicted octanol–water partition coefficient (Wildman–Crippen LogP) is 1.89. The number of nitrogens with zero attached hydrogens (tertiary/aromatic N) is 3. The summed E-state index contributed by atoms with van der Waals surface area (Å²) in [6.07, 6.45) is 4.15. The van der Waals surface area contributed by atoms with Crippen LogP contribution in [0.5, 0.6) is 0 Å². The molecular weight excluding hydrogens is 322 g/mol. The molecule has 0 saturated carbocycles. The molecule has 0 amide bonds. The highest BCUT2D eigenvalue weighted by Crippen LogP contribution is 2.19. The number of aromatic nitrogens is 2. The summed E-state index contributed by atoms with van der Waals surface area (Å²) in [5.41, 5.74) is 0.900. The van der Waals surface area contributed by atoms with Gasteiger partial charge >= 0.3 is 0 Å². The molecule has 0 radical (unpaired) electrons. The number of hydrogen-bond donors (Lipinski definition) is 0. The van der Waals surface area contributed by atoms with E-state index in [2.05, 4.69) is 32.9 Å². The van der Waals surface area contributed by atoms with Crippen molar-refractivity contribution in [2.45, 2.75) is 32.4 Å². The lowest BCUT2D eigenvalue weighted by Gasteiger charge is -2.32. The molecule has 1 aromatic heterocycles. The first-order valence-electron chi connectivity index (χ1n) is 7.05. The van der Waals surface area contributed by atoms with E-state index in [1.165, 1.54) is 4.68 Å². The van der Waals surface area contributed by atoms with Crippen LogP contribution in [-0.2, 0) is 11.3 Å². The lowest BCUT2D eigenvalue weighted by Crippen LogP contribution is -2.38. The van der Waals surface area contributed by atoms with Gasteiger partial charge in [0.15, 0.2) is 0 Å². The second-order valence-electron chi connectivity index (χ2n) is 5.42. The van der Waals surface area contributed by atoms with Crippen LogP contribution in [0, 0.1) is 5.92 Å². The van der Waals surface area contributed by atoms with Crippen LogP contribution >= 0.6 is 15.9 Å². The smallest absolute Gasteiger partial charge is 0.268 e. The van der Waals surface area contributed by atoms with Gasteiger partial charge in [-0.3, -0.25) is 4.79 Å². The summed E-state index contributed by atoms with van der Waals surface area (Å²) in [6.45, 7) is 4.57. The van der Waals surface area contributed by atoms with Gasteiger partial charge in [-0.05, 0) is 18.8 Å². The Morgan fingerprint density at radius 3 is 2.75 bits per heavy atom. The average Bonchev–Trinajstić information content (AvgIpc) is 2.49. The minimum absolute atomic E-state index is 0.0239. The van der Waals surface area contributed by atoms with Crippen molar-refractivity contribution in [2.75, 3.05) is 30.4 Å². The average molecular weight is 344 g/mol. The zero-order chi connectivity index (χ0) is 14.5. The van der Waals surface area contributed by atoms with Gasteiger partial charge in [-0.1, -0.05) is 22.9 Å². The van der Waals surface area contributed by atoms with Gasteiger partial charge < -0.3 is 9.64 Å². The van der Waals surface area contributed by atoms with Gasteiger partial charge in [0.1, 0.15) is 0 Å². The monoisotopic (exact) mass is 343 g/mol. The third kappa shape index (κ3) is 3.82. The molecule has 112 valence electrons. The van der Waals surface area contributed by atoms with Crippen LogP contribution < -0.4 is 10.5 Å². The van der Waals surface area contributed by atoms with Crippen LogP contribution in [0.15, 0.2) is 17.1 Å². The highest BCUT2D eigenvalue weighted by atomic mass is 79.9. The van der Waals surface area contributed by atoms with Gasteiger partial charge in [-0.25, -0.2) is 4.68 Å². The Morgan fingerprint density at radius 1 is 1.50 bits per heavy atom. The van der Waals surface area contributed by atoms with Crippen molar-refractivity contribution in [3.05, 3.63) is 22.6 Å². The second kappa shape index (κ2) is 7.22. The zero-order valence-corrected chi connectivity index (χ0v) is 13.7. The van der Waals surface area contributed by atoms with E-state index in [-0.39, 0.29) is 5.56 Å². The van der Waals surface area contributed by atoms with E-state index in [0.717, 1.165) is 36.9 Å². The Balaban J connectivity index is 2.04. The van der Waals surface area contributed by atoms with Crippen molar-refractivity contribution >= 4 is 21.6 Å². The maximum Gasteiger partial charge on any atom is 0.268 e. The number of rotatable bonds is 5. The topological polar surface area (TPSA) is 47.4 Å². The van der Waals surface area contributed by atoms with Crippen molar-refractivity contribution in [3.8, 4) is 0 Å². The van der Waals surface area contributed by atoms with E-state index in [0.29, 0.717) is 18.6 Å². The van der Waals surface area contributed by atoms with Crippen LogP contribution in [0.25, 0.3) is 0 Å². The standard InChI is InChI=1S/C14H22BrN3O2/c1-11(8-15)10-18-14(19)7-12(9-16-18)17-5-3-13(20-2)4-6-17/h7,9,11,13H,3-6,8,10H2,1-2H3. The van der Waals surface area contributed by atoms with Crippen molar-refractivity contribution in [1.82, 2.24) is 9.78 Å². The summed E-state index contributed by atoms with van der Waals surface area (Å²) >= 11 is 3.42. The number of methoxy groups -OCH3 is 1. The summed E-state index contributed by atoms with van der Waals surface area (Å²) in [5, 5.41) is 5.16. The number of ether oxygens (including phenoxy) is 1. The van der Waals surface area contributed by atoms with Gasteiger partial charge in [0, 0.05) is 38.1 Å². The molecule has 0 spiro atoms. The Hall–Kier alpha value is -0.880. The van der Waals surface area contributed by atoms with E-state index in [1.807, 2.05) is 0 Å². The first-order chi connectivity index (χ1) is 9.63. The molecule has 1 aliphatic rings. The lowest BCUT2D eigenvalue weighted by molar-refractivity contribution is 0.0819. The molecule has 1 aliphatic heterocycles. The molecule has 1 atom stereocenters. The summed E-state index contributed by atoms with van der Waals surface area (Å²) in [4.78, 5) is 14.3. The van der Waals surface area contributed by atoms with E-state index < -0.39 is 0 Å². The maximum atomic E-state index is 12.1. The van der Waals surface area contributed by atoms with E-state index in [9.17, 15) is 4.79 Å². The minimum atomic E-state index is -0.0239. The summed E-state index contributed by atoms with van der Waals surface area (Å²) in [7, 11) is 1.76. The fraction of sp³-hybridized carbons (Fsp3) is 0.714. The molecule has 1 fully saturated rings. The van der Waals surface area contributed by atoms with Gasteiger partial charge in [-0.15, -0.1) is 0 Å². The van der Waals surface area contributed by atoms with Gasteiger partial charge in [0.05, 0.1) is 18.0 Å². The third-order valence-corrected chi connectivity index (χ3v) is 4.85. The molecule has 0 bridgehead atoms. The zero-order valence-electron chi connectivity index (χ0n) is 12.1. The molecule has 2 rings (SSSR count). The predicted molar refractivity (Wildman–Crippen MR) is 83.7 cm³/mol. The molecular formula is C14H22BrN3O2. The molecule has 1 unspecified atom stereocenters. The van der Waals surface area contributed by atoms with Crippen molar-refractivity contribution in [3.63, 3.8) is 0 Å². The van der Waals surface area contributed by atoms with Crippen LogP contribution in [0.1, 0.15) is 19.8 Å². The highest BCUT2D eigenvalue weighted by Gasteiger charge is 2.19. The van der Waals surface area contributed by atoms with Crippen molar-refractivity contribution in [2.24, 2.45) is 5.92 Å². The number of anilines is 1. The number of halogens is 1. The van der Waals surface area contributed by atoms with Crippen molar-refractivity contribution < 1.29 is 4.74 Å². The molecule has 5 nitrogen and oxygen atoms in total. The van der Waals surface area contributed by atoms with E-state index in [1.54, 1.807) is 19.4 Å². The highest BCUT2D eigenvalue weighted by molar-refractivity contribution is 9.09. The molecule has 1 saturated heterocycles. The SMILES string of the molecule is COC1CCN(c2cnn(CC(C)CBr)c(=O)c2)CC1. The normalized spacial score (nSPS) is 18.2. The van der Waals surface area contributed by atoms with Crippen molar-refractivity contribution in [1.29, 1.82) is 0 Å². The van der Waals surface area contributed by atoms with Crippen LogP contribution in [0.4, 0.5) is 5.69 Å². The Kier molecular flexibility index (Phi) is 5.60. The molecule has 1 aromatic rings. The Morgan fingerprint density at radius 2 is 2.20 bits per heavy atom. The number of hydrogen-bond acceptors (Lipinski definition) is 4. The third-order valence-electron chi connectivity index (χ3n) is 3.74. The van der Waals surface area contributed by atoms with Gasteiger partial charge in [-0.2, -0.15) is 5.10 Å². The van der Waals surface area contributed by atoms with Crippen LogP contribution in [0.2, 0.25) is 0 Å². The molecule has 0 aliphatic carbocycles. The maximum absolute atomic E-state index is 12.1. The first-order valence-corrected chi connectivity index (χ1v) is 8.17. The molecule has 0 N–H and O–H groups in total. The van der Waals surface area contributed by atoms with E-state index >= 15 is 0 Å². The summed E-state index contributed by atoms with van der Waals surface area (Å²) in [5.74, 6) is 0.392. The number of alkyl halides is 1. The van der Waals surface area contributed by atoms with Gasteiger partial charge in [0.25, 0.3) is 5.56 Å². The minimum Gasteiger partial charge on any atom is -0.381 e. The fourth-order valence-corrected chi connectivity index (χ4v) is 2.63. The fourth-order valence-electron chi connectivity index (χ4n) is 2.43. The first kappa shape index (κ1) is 15.5. The summed E-state index contributed by atoms with van der Waals surface area (Å²) < 4.78 is 6.90. The molecule has 20 heavy (non-hydrogen) atoms. The van der Waals surface area contributed by atoms with Crippen LogP contribution in [0.3, 0.4) is 0 Å². The number of piperidine rings is 1.